The highest BCUT2D eigenvalue weighted by molar-refractivity contribution is 5.84. The fraction of sp³-hybridized carbons (Fsp3) is 0.900. The van der Waals surface area contributed by atoms with E-state index in [1.807, 2.05) is 4.90 Å². The Labute approximate surface area is 165 Å². The van der Waals surface area contributed by atoms with Gasteiger partial charge in [-0.3, -0.25) is 15.0 Å². The Balaban J connectivity index is 1.22. The molecule has 1 aliphatic carbocycles. The molecule has 0 aromatic heterocycles. The van der Waals surface area contributed by atoms with Gasteiger partial charge in [-0.25, -0.2) is 9.82 Å². The second-order valence-corrected chi connectivity index (χ2v) is 9.39. The first-order valence-corrected chi connectivity index (χ1v) is 11.1. The summed E-state index contributed by atoms with van der Waals surface area (Å²) in [5.74, 6) is 0.871. The van der Waals surface area contributed by atoms with E-state index >= 15 is 0 Å². The molecule has 4 saturated heterocycles. The van der Waals surface area contributed by atoms with Crippen molar-refractivity contribution in [1.82, 2.24) is 26.0 Å². The SMILES string of the molecule is O=C(C1CC2CCCCC2N1)N1CCC2NNC(C(=O)N3CC[C@H](F)C3)C2C1. The zero-order valence-electron chi connectivity index (χ0n) is 16.4. The Morgan fingerprint density at radius 1 is 0.857 bits per heavy atom. The molecule has 8 heteroatoms. The van der Waals surface area contributed by atoms with Crippen molar-refractivity contribution in [2.75, 3.05) is 26.2 Å². The summed E-state index contributed by atoms with van der Waals surface area (Å²) in [5, 5.41) is 3.59. The summed E-state index contributed by atoms with van der Waals surface area (Å²) in [7, 11) is 0. The summed E-state index contributed by atoms with van der Waals surface area (Å²) in [6.45, 7) is 2.03. The van der Waals surface area contributed by atoms with Gasteiger partial charge in [-0.05, 0) is 38.0 Å². The van der Waals surface area contributed by atoms with Gasteiger partial charge in [0.2, 0.25) is 11.8 Å². The molecule has 7 atom stereocenters. The molecule has 4 heterocycles. The first-order chi connectivity index (χ1) is 13.6. The first-order valence-electron chi connectivity index (χ1n) is 11.1. The molecule has 4 aliphatic heterocycles. The van der Waals surface area contributed by atoms with Crippen LogP contribution in [-0.4, -0.2) is 78.1 Å². The number of carbonyl (C=O) groups is 2. The smallest absolute Gasteiger partial charge is 0.241 e. The number of alkyl halides is 1. The number of nitrogens with one attached hydrogen (secondary N) is 3. The highest BCUT2D eigenvalue weighted by Gasteiger charge is 2.47. The van der Waals surface area contributed by atoms with Crippen LogP contribution in [0.5, 0.6) is 0 Å². The Morgan fingerprint density at radius 3 is 2.43 bits per heavy atom. The minimum atomic E-state index is -0.907. The second-order valence-electron chi connectivity index (χ2n) is 9.39. The molecule has 156 valence electrons. The maximum Gasteiger partial charge on any atom is 0.241 e. The monoisotopic (exact) mass is 393 g/mol. The first kappa shape index (κ1) is 18.8. The van der Waals surface area contributed by atoms with Crippen LogP contribution in [0.3, 0.4) is 0 Å². The quantitative estimate of drug-likeness (QED) is 0.624. The van der Waals surface area contributed by atoms with Gasteiger partial charge in [0.05, 0.1) is 12.6 Å². The fourth-order valence-corrected chi connectivity index (χ4v) is 6.09. The number of likely N-dealkylation sites (tertiary alicyclic amines) is 2. The van der Waals surface area contributed by atoms with E-state index in [9.17, 15) is 14.0 Å². The molecular formula is C20H32FN5O2. The zero-order valence-corrected chi connectivity index (χ0v) is 16.4. The summed E-state index contributed by atoms with van der Waals surface area (Å²) in [6, 6.07) is 0.270. The van der Waals surface area contributed by atoms with Gasteiger partial charge in [0.15, 0.2) is 0 Å². The molecule has 0 aromatic carbocycles. The molecule has 6 unspecified atom stereocenters. The van der Waals surface area contributed by atoms with Gasteiger partial charge < -0.3 is 15.1 Å². The number of nitrogens with zero attached hydrogens (tertiary/aromatic N) is 2. The predicted octanol–water partition coefficient (Wildman–Crippen LogP) is 0.171. The Hall–Kier alpha value is -1.25. The lowest BCUT2D eigenvalue weighted by atomic mass is 9.84. The van der Waals surface area contributed by atoms with Crippen LogP contribution in [0, 0.1) is 11.8 Å². The predicted molar refractivity (Wildman–Crippen MR) is 102 cm³/mol. The Kier molecular flexibility index (Phi) is 5.05. The number of hydrogen-bond donors (Lipinski definition) is 3. The number of amides is 2. The van der Waals surface area contributed by atoms with Crippen molar-refractivity contribution in [3.63, 3.8) is 0 Å². The van der Waals surface area contributed by atoms with Gasteiger partial charge in [0.25, 0.3) is 0 Å². The number of hydrazine groups is 1. The van der Waals surface area contributed by atoms with Crippen molar-refractivity contribution in [2.45, 2.75) is 75.3 Å². The van der Waals surface area contributed by atoms with E-state index < -0.39 is 6.17 Å². The number of fused-ring (bicyclic) bond motifs is 2. The topological polar surface area (TPSA) is 76.7 Å². The molecule has 3 N–H and O–H groups in total. The lowest BCUT2D eigenvalue weighted by molar-refractivity contribution is -0.138. The van der Waals surface area contributed by atoms with Crippen LogP contribution < -0.4 is 16.2 Å². The zero-order chi connectivity index (χ0) is 19.3. The highest BCUT2D eigenvalue weighted by Crippen LogP contribution is 2.34. The molecule has 0 bridgehead atoms. The fourth-order valence-electron chi connectivity index (χ4n) is 6.09. The molecular weight excluding hydrogens is 361 g/mol. The van der Waals surface area contributed by atoms with Gasteiger partial charge in [-0.1, -0.05) is 12.8 Å². The average Bonchev–Trinajstić information content (AvgIpc) is 3.43. The number of piperidine rings is 1. The molecule has 2 amide bonds. The summed E-state index contributed by atoms with van der Waals surface area (Å²) < 4.78 is 13.5. The third kappa shape index (κ3) is 3.33. The number of hydrogen-bond acceptors (Lipinski definition) is 5. The summed E-state index contributed by atoms with van der Waals surface area (Å²) >= 11 is 0. The minimum absolute atomic E-state index is 0.0283. The van der Waals surface area contributed by atoms with E-state index in [1.54, 1.807) is 4.90 Å². The maximum absolute atomic E-state index is 13.5. The van der Waals surface area contributed by atoms with Crippen LogP contribution in [-0.2, 0) is 9.59 Å². The average molecular weight is 394 g/mol. The summed E-state index contributed by atoms with van der Waals surface area (Å²) in [6.07, 6.45) is 6.30. The van der Waals surface area contributed by atoms with Crippen LogP contribution >= 0.6 is 0 Å². The van der Waals surface area contributed by atoms with E-state index in [0.717, 1.165) is 19.4 Å². The lowest BCUT2D eigenvalue weighted by Gasteiger charge is -2.37. The molecule has 5 rings (SSSR count). The summed E-state index contributed by atoms with van der Waals surface area (Å²) in [4.78, 5) is 29.7. The van der Waals surface area contributed by atoms with Crippen LogP contribution in [0.1, 0.15) is 44.9 Å². The van der Waals surface area contributed by atoms with Crippen molar-refractivity contribution in [3.8, 4) is 0 Å². The van der Waals surface area contributed by atoms with E-state index in [0.29, 0.717) is 31.5 Å². The molecule has 0 spiro atoms. The third-order valence-corrected chi connectivity index (χ3v) is 7.69. The minimum Gasteiger partial charge on any atom is -0.341 e. The molecule has 0 radical (unpaired) electrons. The van der Waals surface area contributed by atoms with E-state index in [2.05, 4.69) is 16.2 Å². The van der Waals surface area contributed by atoms with Crippen molar-refractivity contribution < 1.29 is 14.0 Å². The van der Waals surface area contributed by atoms with Crippen LogP contribution in [0.2, 0.25) is 0 Å². The Morgan fingerprint density at radius 2 is 1.64 bits per heavy atom. The molecule has 0 aromatic rings. The standard InChI is InChI=1S/C20H32FN5O2/c21-13-5-7-25(10-13)20(28)18-14-11-26(8-6-16(14)23-24-18)19(27)17-9-12-3-1-2-4-15(12)22-17/h12-18,22-24H,1-11H2/t12?,13-,14?,15?,16?,17?,18?/m0/s1. The Bertz CT molecular complexity index is 620. The molecule has 5 fully saturated rings. The van der Waals surface area contributed by atoms with E-state index in [4.69, 9.17) is 0 Å². The number of carbonyl (C=O) groups excluding carboxylic acids is 2. The van der Waals surface area contributed by atoms with Crippen molar-refractivity contribution in [2.24, 2.45) is 11.8 Å². The number of rotatable bonds is 2. The lowest BCUT2D eigenvalue weighted by Crippen LogP contribution is -2.55. The second kappa shape index (κ2) is 7.54. The maximum atomic E-state index is 13.5. The van der Waals surface area contributed by atoms with Gasteiger partial charge in [0.1, 0.15) is 12.2 Å². The van der Waals surface area contributed by atoms with Crippen LogP contribution in [0.4, 0.5) is 4.39 Å². The molecule has 7 nitrogen and oxygen atoms in total. The normalized spacial score (nSPS) is 43.1. The molecule has 5 aliphatic rings. The van der Waals surface area contributed by atoms with Gasteiger partial charge in [-0.2, -0.15) is 0 Å². The third-order valence-electron chi connectivity index (χ3n) is 7.69. The highest BCUT2D eigenvalue weighted by atomic mass is 19.1. The largest absolute Gasteiger partial charge is 0.341 e. The number of halogens is 1. The summed E-state index contributed by atoms with van der Waals surface area (Å²) in [5.41, 5.74) is 6.39. The van der Waals surface area contributed by atoms with Crippen molar-refractivity contribution >= 4 is 11.8 Å². The van der Waals surface area contributed by atoms with Gasteiger partial charge in [0, 0.05) is 37.6 Å². The van der Waals surface area contributed by atoms with Crippen LogP contribution in [0.15, 0.2) is 0 Å². The van der Waals surface area contributed by atoms with Crippen molar-refractivity contribution in [3.05, 3.63) is 0 Å². The van der Waals surface area contributed by atoms with E-state index in [-0.39, 0.29) is 42.4 Å². The molecule has 1 saturated carbocycles. The van der Waals surface area contributed by atoms with Gasteiger partial charge in [-0.15, -0.1) is 0 Å². The van der Waals surface area contributed by atoms with E-state index in [1.165, 1.54) is 25.7 Å². The van der Waals surface area contributed by atoms with Crippen LogP contribution in [0.25, 0.3) is 0 Å². The molecule has 28 heavy (non-hydrogen) atoms. The van der Waals surface area contributed by atoms with Gasteiger partial charge >= 0.3 is 0 Å². The van der Waals surface area contributed by atoms with Crippen molar-refractivity contribution in [1.29, 1.82) is 0 Å².